The Morgan fingerprint density at radius 3 is 2.11 bits per heavy atom. The van der Waals surface area contributed by atoms with Gasteiger partial charge in [-0.25, -0.2) is 4.79 Å². The third-order valence-electron chi connectivity index (χ3n) is 3.13. The summed E-state index contributed by atoms with van der Waals surface area (Å²) in [6.07, 6.45) is 10.7. The van der Waals surface area contributed by atoms with Crippen LogP contribution in [-0.4, -0.2) is 12.1 Å². The summed E-state index contributed by atoms with van der Waals surface area (Å²) < 4.78 is 5.48. The van der Waals surface area contributed by atoms with E-state index in [4.69, 9.17) is 4.74 Å². The van der Waals surface area contributed by atoms with E-state index in [0.29, 0.717) is 5.57 Å². The van der Waals surface area contributed by atoms with Gasteiger partial charge in [0.15, 0.2) is 0 Å². The molecule has 0 aliphatic rings. The summed E-state index contributed by atoms with van der Waals surface area (Å²) in [6, 6.07) is 0. The van der Waals surface area contributed by atoms with E-state index >= 15 is 0 Å². The Hall–Kier alpha value is -0.790. The second kappa shape index (κ2) is 11.3. The molecule has 0 aliphatic heterocycles. The van der Waals surface area contributed by atoms with Gasteiger partial charge >= 0.3 is 5.97 Å². The van der Waals surface area contributed by atoms with Crippen LogP contribution in [-0.2, 0) is 9.53 Å². The van der Waals surface area contributed by atoms with Gasteiger partial charge in [-0.05, 0) is 26.2 Å². The van der Waals surface area contributed by atoms with E-state index in [9.17, 15) is 4.79 Å². The van der Waals surface area contributed by atoms with Gasteiger partial charge in [0.2, 0.25) is 0 Å². The van der Waals surface area contributed by atoms with Gasteiger partial charge in [0.25, 0.3) is 0 Å². The van der Waals surface area contributed by atoms with Crippen molar-refractivity contribution in [2.75, 3.05) is 0 Å². The van der Waals surface area contributed by atoms with E-state index in [0.717, 1.165) is 32.1 Å². The smallest absolute Gasteiger partial charge is 0.333 e. The van der Waals surface area contributed by atoms with Crippen molar-refractivity contribution in [3.05, 3.63) is 12.2 Å². The Morgan fingerprint density at radius 1 is 1.00 bits per heavy atom. The topological polar surface area (TPSA) is 26.3 Å². The molecule has 0 saturated heterocycles. The first-order valence-electron chi connectivity index (χ1n) is 7.48. The summed E-state index contributed by atoms with van der Waals surface area (Å²) in [7, 11) is 0. The van der Waals surface area contributed by atoms with Crippen molar-refractivity contribution >= 4 is 5.97 Å². The van der Waals surface area contributed by atoms with E-state index < -0.39 is 0 Å². The van der Waals surface area contributed by atoms with Gasteiger partial charge in [-0.15, -0.1) is 0 Å². The minimum atomic E-state index is -0.232. The van der Waals surface area contributed by atoms with Crippen LogP contribution in [0.2, 0.25) is 0 Å². The molecule has 1 unspecified atom stereocenters. The number of carbonyl (C=O) groups is 1. The summed E-state index contributed by atoms with van der Waals surface area (Å²) in [5, 5.41) is 0. The van der Waals surface area contributed by atoms with Crippen LogP contribution in [0.5, 0.6) is 0 Å². The summed E-state index contributed by atoms with van der Waals surface area (Å²) in [6.45, 7) is 9.73. The second-order valence-electron chi connectivity index (χ2n) is 5.15. The molecule has 1 atom stereocenters. The minimum absolute atomic E-state index is 0.0933. The highest BCUT2D eigenvalue weighted by molar-refractivity contribution is 5.87. The number of hydrogen-bond acceptors (Lipinski definition) is 2. The van der Waals surface area contributed by atoms with Crippen LogP contribution in [0.25, 0.3) is 0 Å². The summed E-state index contributed by atoms with van der Waals surface area (Å²) >= 11 is 0. The number of esters is 1. The lowest BCUT2D eigenvalue weighted by atomic mass is 10.0. The molecule has 106 valence electrons. The van der Waals surface area contributed by atoms with Gasteiger partial charge in [-0.1, -0.05) is 59.0 Å². The Balaban J connectivity index is 3.90. The summed E-state index contributed by atoms with van der Waals surface area (Å²) in [4.78, 5) is 11.5. The van der Waals surface area contributed by atoms with E-state index in [1.54, 1.807) is 6.92 Å². The van der Waals surface area contributed by atoms with Crippen LogP contribution >= 0.6 is 0 Å². The Labute approximate surface area is 113 Å². The first kappa shape index (κ1) is 17.2. The first-order chi connectivity index (χ1) is 8.61. The molecule has 0 amide bonds. The lowest BCUT2D eigenvalue weighted by molar-refractivity contribution is -0.145. The largest absolute Gasteiger partial charge is 0.459 e. The standard InChI is InChI=1S/C16H30O2/c1-5-7-9-10-11-13-15(12-8-6-2)18-16(17)14(3)4/h15H,3,5-13H2,1-2,4H3. The Bertz CT molecular complexity index is 233. The molecule has 0 aliphatic carbocycles. The van der Waals surface area contributed by atoms with Crippen molar-refractivity contribution in [2.45, 2.75) is 84.7 Å². The number of ether oxygens (including phenoxy) is 1. The predicted molar refractivity (Wildman–Crippen MR) is 77.6 cm³/mol. The molecule has 0 spiro atoms. The average molecular weight is 254 g/mol. The van der Waals surface area contributed by atoms with Crippen LogP contribution in [0, 0.1) is 0 Å². The van der Waals surface area contributed by atoms with Crippen LogP contribution in [0.3, 0.4) is 0 Å². The normalized spacial score (nSPS) is 12.2. The molecule has 2 heteroatoms. The monoisotopic (exact) mass is 254 g/mol. The highest BCUT2D eigenvalue weighted by Crippen LogP contribution is 2.15. The van der Waals surface area contributed by atoms with Crippen molar-refractivity contribution in [3.8, 4) is 0 Å². The highest BCUT2D eigenvalue weighted by atomic mass is 16.5. The lowest BCUT2D eigenvalue weighted by Gasteiger charge is -2.17. The molecule has 0 bridgehead atoms. The van der Waals surface area contributed by atoms with E-state index in [1.165, 1.54) is 25.7 Å². The molecular formula is C16H30O2. The number of unbranched alkanes of at least 4 members (excludes halogenated alkanes) is 5. The maximum atomic E-state index is 11.5. The van der Waals surface area contributed by atoms with Crippen molar-refractivity contribution < 1.29 is 9.53 Å². The van der Waals surface area contributed by atoms with E-state index in [2.05, 4.69) is 20.4 Å². The Morgan fingerprint density at radius 2 is 1.56 bits per heavy atom. The van der Waals surface area contributed by atoms with Crippen molar-refractivity contribution in [1.29, 1.82) is 0 Å². The van der Waals surface area contributed by atoms with Crippen LogP contribution in [0.15, 0.2) is 12.2 Å². The fourth-order valence-corrected chi connectivity index (χ4v) is 1.92. The third-order valence-corrected chi connectivity index (χ3v) is 3.13. The fraction of sp³-hybridized carbons (Fsp3) is 0.812. The molecule has 0 radical (unpaired) electrons. The molecule has 0 N–H and O–H groups in total. The minimum Gasteiger partial charge on any atom is -0.459 e. The van der Waals surface area contributed by atoms with Crippen molar-refractivity contribution in [1.82, 2.24) is 0 Å². The average Bonchev–Trinajstić information content (AvgIpc) is 2.34. The lowest BCUT2D eigenvalue weighted by Crippen LogP contribution is -2.18. The molecule has 2 nitrogen and oxygen atoms in total. The van der Waals surface area contributed by atoms with Gasteiger partial charge in [0.05, 0.1) is 0 Å². The number of rotatable bonds is 11. The maximum absolute atomic E-state index is 11.5. The van der Waals surface area contributed by atoms with Gasteiger partial charge in [0.1, 0.15) is 6.10 Å². The van der Waals surface area contributed by atoms with Crippen LogP contribution in [0.1, 0.15) is 78.6 Å². The zero-order valence-electron chi connectivity index (χ0n) is 12.5. The van der Waals surface area contributed by atoms with Gasteiger partial charge in [-0.2, -0.15) is 0 Å². The molecule has 0 aromatic heterocycles. The molecule has 0 saturated carbocycles. The zero-order valence-corrected chi connectivity index (χ0v) is 12.5. The maximum Gasteiger partial charge on any atom is 0.333 e. The molecule has 0 aromatic rings. The predicted octanol–water partition coefficient (Wildman–Crippen LogP) is 5.03. The number of carbonyl (C=O) groups excluding carboxylic acids is 1. The fourth-order valence-electron chi connectivity index (χ4n) is 1.92. The highest BCUT2D eigenvalue weighted by Gasteiger charge is 2.14. The zero-order chi connectivity index (χ0) is 13.8. The molecule has 18 heavy (non-hydrogen) atoms. The van der Waals surface area contributed by atoms with E-state index in [-0.39, 0.29) is 12.1 Å². The third kappa shape index (κ3) is 9.26. The molecule has 0 rings (SSSR count). The van der Waals surface area contributed by atoms with E-state index in [1.807, 2.05) is 0 Å². The molecular weight excluding hydrogens is 224 g/mol. The van der Waals surface area contributed by atoms with Gasteiger partial charge < -0.3 is 4.74 Å². The van der Waals surface area contributed by atoms with Gasteiger partial charge in [0, 0.05) is 5.57 Å². The summed E-state index contributed by atoms with van der Waals surface area (Å²) in [5.74, 6) is -0.232. The molecule has 0 aromatic carbocycles. The van der Waals surface area contributed by atoms with Crippen molar-refractivity contribution in [2.24, 2.45) is 0 Å². The number of hydrogen-bond donors (Lipinski definition) is 0. The molecule has 0 heterocycles. The first-order valence-corrected chi connectivity index (χ1v) is 7.48. The molecule has 0 fully saturated rings. The summed E-state index contributed by atoms with van der Waals surface area (Å²) in [5.41, 5.74) is 0.502. The second-order valence-corrected chi connectivity index (χ2v) is 5.15. The van der Waals surface area contributed by atoms with Crippen LogP contribution < -0.4 is 0 Å². The quantitative estimate of drug-likeness (QED) is 0.294. The Kier molecular flexibility index (Phi) is 10.8. The SMILES string of the molecule is C=C(C)C(=O)OC(CCCC)CCCCCCC. The van der Waals surface area contributed by atoms with Crippen molar-refractivity contribution in [3.63, 3.8) is 0 Å². The van der Waals surface area contributed by atoms with Crippen LogP contribution in [0.4, 0.5) is 0 Å². The van der Waals surface area contributed by atoms with Gasteiger partial charge in [-0.3, -0.25) is 0 Å².